The van der Waals surface area contributed by atoms with Crippen LogP contribution in [0.2, 0.25) is 0 Å². The molecule has 0 aliphatic carbocycles. The van der Waals surface area contributed by atoms with Crippen LogP contribution in [0, 0.1) is 5.92 Å². The number of piperidine rings is 1. The van der Waals surface area contributed by atoms with E-state index in [0.717, 1.165) is 26.1 Å². The van der Waals surface area contributed by atoms with Crippen LogP contribution in [0.25, 0.3) is 0 Å². The Labute approximate surface area is 102 Å². The molecule has 0 spiro atoms. The lowest BCUT2D eigenvalue weighted by Crippen LogP contribution is -2.60. The van der Waals surface area contributed by atoms with E-state index in [2.05, 4.69) is 5.32 Å². The van der Waals surface area contributed by atoms with Crippen molar-refractivity contribution >= 4 is 5.91 Å². The molecule has 2 rings (SSSR count). The third kappa shape index (κ3) is 2.97. The molecule has 0 aromatic carbocycles. The highest BCUT2D eigenvalue weighted by atomic mass is 16.5. The minimum atomic E-state index is -0.395. The number of rotatable bonds is 3. The molecule has 0 aromatic heterocycles. The van der Waals surface area contributed by atoms with E-state index in [0.29, 0.717) is 6.54 Å². The monoisotopic (exact) mass is 242 g/mol. The molecule has 2 atom stereocenters. The number of carbonyl (C=O) groups excluding carboxylic acids is 1. The molecule has 0 radical (unpaired) electrons. The van der Waals surface area contributed by atoms with Crippen molar-refractivity contribution < 1.29 is 14.6 Å². The van der Waals surface area contributed by atoms with Crippen molar-refractivity contribution in [1.29, 1.82) is 0 Å². The van der Waals surface area contributed by atoms with Gasteiger partial charge in [-0.3, -0.25) is 4.79 Å². The molecule has 17 heavy (non-hydrogen) atoms. The van der Waals surface area contributed by atoms with Crippen molar-refractivity contribution in [2.75, 3.05) is 32.8 Å². The number of hydrogen-bond donors (Lipinski definition) is 2. The number of amides is 1. The fourth-order valence-electron chi connectivity index (χ4n) is 2.18. The second kappa shape index (κ2) is 4.92. The first-order valence-corrected chi connectivity index (χ1v) is 6.31. The van der Waals surface area contributed by atoms with Gasteiger partial charge in [0.05, 0.1) is 11.7 Å². The van der Waals surface area contributed by atoms with Crippen molar-refractivity contribution in [1.82, 2.24) is 10.2 Å². The van der Waals surface area contributed by atoms with Gasteiger partial charge in [0.25, 0.3) is 0 Å². The van der Waals surface area contributed by atoms with Gasteiger partial charge in [-0.05, 0) is 19.3 Å². The summed E-state index contributed by atoms with van der Waals surface area (Å²) in [5, 5.41) is 12.9. The predicted octanol–water partition coefficient (Wildman–Crippen LogP) is -0.406. The molecule has 2 aliphatic rings. The molecule has 5 heteroatoms. The Morgan fingerprint density at radius 2 is 2.29 bits per heavy atom. The van der Waals surface area contributed by atoms with Gasteiger partial charge >= 0.3 is 0 Å². The standard InChI is InChI=1S/C12H22N2O3/c1-9-3-4-14(5-10(9)15)11(16)6-17-12(2)7-13-8-12/h9-10,13,15H,3-8H2,1-2H3. The van der Waals surface area contributed by atoms with Crippen LogP contribution in [-0.4, -0.2) is 60.4 Å². The third-order valence-corrected chi connectivity index (χ3v) is 3.81. The first-order chi connectivity index (χ1) is 8.00. The van der Waals surface area contributed by atoms with Crippen molar-refractivity contribution in [3.63, 3.8) is 0 Å². The SMILES string of the molecule is CC1CCN(C(=O)COC2(C)CNC2)CC1O. The van der Waals surface area contributed by atoms with Gasteiger partial charge in [0.2, 0.25) is 5.91 Å². The normalized spacial score (nSPS) is 32.1. The number of aliphatic hydroxyl groups is 1. The van der Waals surface area contributed by atoms with Crippen molar-refractivity contribution in [2.24, 2.45) is 5.92 Å². The third-order valence-electron chi connectivity index (χ3n) is 3.81. The number of hydrogen-bond acceptors (Lipinski definition) is 4. The van der Waals surface area contributed by atoms with Crippen LogP contribution in [0.4, 0.5) is 0 Å². The highest BCUT2D eigenvalue weighted by molar-refractivity contribution is 5.77. The minimum Gasteiger partial charge on any atom is -0.391 e. The topological polar surface area (TPSA) is 61.8 Å². The highest BCUT2D eigenvalue weighted by Crippen LogP contribution is 2.18. The summed E-state index contributed by atoms with van der Waals surface area (Å²) in [6, 6.07) is 0. The second-order valence-corrected chi connectivity index (χ2v) is 5.52. The van der Waals surface area contributed by atoms with Gasteiger partial charge in [0.15, 0.2) is 0 Å². The second-order valence-electron chi connectivity index (χ2n) is 5.52. The molecule has 2 unspecified atom stereocenters. The van der Waals surface area contributed by atoms with Crippen LogP contribution in [-0.2, 0) is 9.53 Å². The summed E-state index contributed by atoms with van der Waals surface area (Å²) in [6.07, 6.45) is 0.472. The molecule has 2 aliphatic heterocycles. The van der Waals surface area contributed by atoms with Gasteiger partial charge in [0, 0.05) is 26.2 Å². The van der Waals surface area contributed by atoms with Crippen LogP contribution >= 0.6 is 0 Å². The Morgan fingerprint density at radius 3 is 2.82 bits per heavy atom. The Morgan fingerprint density at radius 1 is 1.59 bits per heavy atom. The number of nitrogens with zero attached hydrogens (tertiary/aromatic N) is 1. The molecule has 2 fully saturated rings. The van der Waals surface area contributed by atoms with E-state index >= 15 is 0 Å². The maximum atomic E-state index is 11.9. The molecule has 0 bridgehead atoms. The fourth-order valence-corrected chi connectivity index (χ4v) is 2.18. The van der Waals surface area contributed by atoms with Crippen LogP contribution in [0.1, 0.15) is 20.3 Å². The zero-order valence-electron chi connectivity index (χ0n) is 10.6. The average molecular weight is 242 g/mol. The van der Waals surface area contributed by atoms with E-state index in [1.807, 2.05) is 13.8 Å². The fraction of sp³-hybridized carbons (Fsp3) is 0.917. The quantitative estimate of drug-likeness (QED) is 0.706. The summed E-state index contributed by atoms with van der Waals surface area (Å²) >= 11 is 0. The zero-order valence-corrected chi connectivity index (χ0v) is 10.6. The number of aliphatic hydroxyl groups excluding tert-OH is 1. The maximum absolute atomic E-state index is 11.9. The van der Waals surface area contributed by atoms with E-state index in [-0.39, 0.29) is 24.0 Å². The minimum absolute atomic E-state index is 0.0101. The Balaban J connectivity index is 1.76. The predicted molar refractivity (Wildman–Crippen MR) is 63.6 cm³/mol. The van der Waals surface area contributed by atoms with E-state index in [1.54, 1.807) is 4.90 Å². The lowest BCUT2D eigenvalue weighted by molar-refractivity contribution is -0.149. The summed E-state index contributed by atoms with van der Waals surface area (Å²) < 4.78 is 5.61. The molecular formula is C12H22N2O3. The molecule has 5 nitrogen and oxygen atoms in total. The van der Waals surface area contributed by atoms with Crippen LogP contribution in [0.5, 0.6) is 0 Å². The molecule has 2 saturated heterocycles. The van der Waals surface area contributed by atoms with Gasteiger partial charge in [-0.15, -0.1) is 0 Å². The van der Waals surface area contributed by atoms with Crippen molar-refractivity contribution in [3.8, 4) is 0 Å². The number of β-amino-alcohol motifs (C(OH)–C–C–N with tert-alkyl or cyclic N) is 1. The van der Waals surface area contributed by atoms with Gasteiger partial charge in [0.1, 0.15) is 6.61 Å². The molecule has 98 valence electrons. The number of likely N-dealkylation sites (tertiary alicyclic amines) is 1. The lowest BCUT2D eigenvalue weighted by Gasteiger charge is -2.40. The highest BCUT2D eigenvalue weighted by Gasteiger charge is 2.34. The summed E-state index contributed by atoms with van der Waals surface area (Å²) in [6.45, 7) is 6.93. The summed E-state index contributed by atoms with van der Waals surface area (Å²) in [7, 11) is 0. The van der Waals surface area contributed by atoms with E-state index < -0.39 is 6.10 Å². The van der Waals surface area contributed by atoms with E-state index in [9.17, 15) is 9.90 Å². The number of carbonyl (C=O) groups is 1. The smallest absolute Gasteiger partial charge is 0.248 e. The maximum Gasteiger partial charge on any atom is 0.248 e. The molecule has 1 amide bonds. The first-order valence-electron chi connectivity index (χ1n) is 6.31. The number of nitrogens with one attached hydrogen (secondary N) is 1. The van der Waals surface area contributed by atoms with Gasteiger partial charge in [-0.2, -0.15) is 0 Å². The Kier molecular flexibility index (Phi) is 3.70. The van der Waals surface area contributed by atoms with Gasteiger partial charge < -0.3 is 20.1 Å². The van der Waals surface area contributed by atoms with Crippen molar-refractivity contribution in [3.05, 3.63) is 0 Å². The van der Waals surface area contributed by atoms with Crippen LogP contribution in [0.3, 0.4) is 0 Å². The van der Waals surface area contributed by atoms with Gasteiger partial charge in [-0.1, -0.05) is 6.92 Å². The zero-order chi connectivity index (χ0) is 12.5. The molecule has 2 N–H and O–H groups in total. The molecule has 2 heterocycles. The first kappa shape index (κ1) is 12.8. The van der Waals surface area contributed by atoms with Gasteiger partial charge in [-0.25, -0.2) is 0 Å². The Bertz CT molecular complexity index is 291. The van der Waals surface area contributed by atoms with E-state index in [4.69, 9.17) is 4.74 Å². The largest absolute Gasteiger partial charge is 0.391 e. The average Bonchev–Trinajstić information content (AvgIpc) is 2.27. The van der Waals surface area contributed by atoms with Crippen LogP contribution < -0.4 is 5.32 Å². The molecular weight excluding hydrogens is 220 g/mol. The Hall–Kier alpha value is -0.650. The summed E-state index contributed by atoms with van der Waals surface area (Å²) in [5.41, 5.74) is -0.183. The lowest BCUT2D eigenvalue weighted by atomic mass is 9.96. The van der Waals surface area contributed by atoms with Crippen molar-refractivity contribution in [2.45, 2.75) is 32.0 Å². The molecule has 0 aromatic rings. The summed E-state index contributed by atoms with van der Waals surface area (Å²) in [4.78, 5) is 13.6. The number of ether oxygens (including phenoxy) is 1. The van der Waals surface area contributed by atoms with E-state index in [1.165, 1.54) is 0 Å². The summed E-state index contributed by atoms with van der Waals surface area (Å²) in [5.74, 6) is 0.275. The van der Waals surface area contributed by atoms with Crippen LogP contribution in [0.15, 0.2) is 0 Å². The molecule has 0 saturated carbocycles.